The highest BCUT2D eigenvalue weighted by Crippen LogP contribution is 2.25. The predicted molar refractivity (Wildman–Crippen MR) is 76.3 cm³/mol. The molecule has 0 aromatic carbocycles. The number of ether oxygens (including phenoxy) is 1. The van der Waals surface area contributed by atoms with Crippen molar-refractivity contribution in [3.05, 3.63) is 40.2 Å². The zero-order valence-electron chi connectivity index (χ0n) is 10.7. The maximum Gasteiger partial charge on any atom is 0.341 e. The van der Waals surface area contributed by atoms with Gasteiger partial charge in [0.25, 0.3) is 0 Å². The minimum atomic E-state index is -0.458. The third-order valence-corrected chi connectivity index (χ3v) is 3.69. The van der Waals surface area contributed by atoms with Crippen molar-refractivity contribution in [1.29, 1.82) is 0 Å². The molecule has 0 aliphatic carbocycles. The Kier molecular flexibility index (Phi) is 4.01. The summed E-state index contributed by atoms with van der Waals surface area (Å²) < 4.78 is 4.73. The van der Waals surface area contributed by atoms with Crippen LogP contribution >= 0.6 is 11.3 Å². The largest absolute Gasteiger partial charge is 0.465 e. The number of nitrogen functional groups attached to an aromatic ring is 1. The molecule has 0 spiro atoms. The fourth-order valence-corrected chi connectivity index (χ4v) is 2.41. The number of nitrogens with two attached hydrogens (primary N) is 1. The lowest BCUT2D eigenvalue weighted by Gasteiger charge is -2.15. The molecular weight excluding hydrogens is 262 g/mol. The second-order valence-corrected chi connectivity index (χ2v) is 5.02. The number of esters is 1. The van der Waals surface area contributed by atoms with Gasteiger partial charge in [-0.2, -0.15) is 0 Å². The van der Waals surface area contributed by atoms with Gasteiger partial charge in [0, 0.05) is 4.88 Å². The molecule has 1 unspecified atom stereocenters. The first kappa shape index (κ1) is 13.4. The molecule has 1 atom stereocenters. The van der Waals surface area contributed by atoms with Gasteiger partial charge in [0.2, 0.25) is 0 Å². The minimum Gasteiger partial charge on any atom is -0.465 e. The Labute approximate surface area is 115 Å². The standard InChI is InChI=1S/C13H15N3O2S/c1-8(11-4-3-5-19-11)16-12-10(13(17)18-2)6-9(14)7-15-12/h3-8H,14H2,1-2H3,(H,15,16). The molecule has 2 aromatic rings. The third-order valence-electron chi connectivity index (χ3n) is 2.64. The van der Waals surface area contributed by atoms with E-state index in [4.69, 9.17) is 10.5 Å². The molecule has 19 heavy (non-hydrogen) atoms. The van der Waals surface area contributed by atoms with Gasteiger partial charge >= 0.3 is 5.97 Å². The number of nitrogens with zero attached hydrogens (tertiary/aromatic N) is 1. The lowest BCUT2D eigenvalue weighted by molar-refractivity contribution is 0.0601. The fourth-order valence-electron chi connectivity index (χ4n) is 1.68. The van der Waals surface area contributed by atoms with Crippen LogP contribution in [0, 0.1) is 0 Å². The Bertz CT molecular complexity index is 569. The second-order valence-electron chi connectivity index (χ2n) is 4.04. The quantitative estimate of drug-likeness (QED) is 0.840. The van der Waals surface area contributed by atoms with Crippen molar-refractivity contribution < 1.29 is 9.53 Å². The maximum atomic E-state index is 11.7. The Hall–Kier alpha value is -2.08. The first-order valence-corrected chi connectivity index (χ1v) is 6.63. The minimum absolute atomic E-state index is 0.0551. The van der Waals surface area contributed by atoms with E-state index in [1.54, 1.807) is 17.4 Å². The van der Waals surface area contributed by atoms with Crippen LogP contribution in [0.1, 0.15) is 28.2 Å². The maximum absolute atomic E-state index is 11.7. The third kappa shape index (κ3) is 3.03. The Morgan fingerprint density at radius 2 is 2.37 bits per heavy atom. The van der Waals surface area contributed by atoms with Crippen LogP contribution in [0.25, 0.3) is 0 Å². The molecule has 0 aliphatic rings. The van der Waals surface area contributed by atoms with Crippen LogP contribution < -0.4 is 11.1 Å². The highest BCUT2D eigenvalue weighted by Gasteiger charge is 2.16. The first-order chi connectivity index (χ1) is 9.11. The Balaban J connectivity index is 2.27. The van der Waals surface area contributed by atoms with E-state index in [2.05, 4.69) is 10.3 Å². The van der Waals surface area contributed by atoms with Crippen molar-refractivity contribution in [2.45, 2.75) is 13.0 Å². The molecule has 0 fully saturated rings. The summed E-state index contributed by atoms with van der Waals surface area (Å²) in [7, 11) is 1.33. The number of carbonyl (C=O) groups is 1. The van der Waals surface area contributed by atoms with Crippen molar-refractivity contribution in [3.8, 4) is 0 Å². The van der Waals surface area contributed by atoms with Gasteiger partial charge < -0.3 is 15.8 Å². The molecule has 6 heteroatoms. The summed E-state index contributed by atoms with van der Waals surface area (Å²) in [5.74, 6) is 0.0163. The van der Waals surface area contributed by atoms with E-state index in [9.17, 15) is 4.79 Å². The topological polar surface area (TPSA) is 77.2 Å². The molecule has 0 aliphatic heterocycles. The number of hydrogen-bond acceptors (Lipinski definition) is 6. The average molecular weight is 277 g/mol. The van der Waals surface area contributed by atoms with E-state index in [1.807, 2.05) is 24.4 Å². The zero-order valence-corrected chi connectivity index (χ0v) is 11.5. The van der Waals surface area contributed by atoms with E-state index in [1.165, 1.54) is 13.3 Å². The van der Waals surface area contributed by atoms with Gasteiger partial charge in [-0.3, -0.25) is 0 Å². The normalized spacial score (nSPS) is 11.9. The van der Waals surface area contributed by atoms with Gasteiger partial charge in [-0.1, -0.05) is 6.07 Å². The van der Waals surface area contributed by atoms with E-state index >= 15 is 0 Å². The van der Waals surface area contributed by atoms with Crippen LogP contribution in [-0.2, 0) is 4.74 Å². The van der Waals surface area contributed by atoms with Gasteiger partial charge in [0.05, 0.1) is 25.0 Å². The number of methoxy groups -OCH3 is 1. The number of hydrogen-bond donors (Lipinski definition) is 2. The molecule has 0 saturated heterocycles. The van der Waals surface area contributed by atoms with Gasteiger partial charge in [0.1, 0.15) is 11.4 Å². The molecule has 5 nitrogen and oxygen atoms in total. The first-order valence-electron chi connectivity index (χ1n) is 5.75. The molecule has 2 rings (SSSR count). The van der Waals surface area contributed by atoms with E-state index in [0.29, 0.717) is 17.1 Å². The van der Waals surface area contributed by atoms with Crippen LogP contribution in [-0.4, -0.2) is 18.1 Å². The number of anilines is 2. The van der Waals surface area contributed by atoms with Crippen molar-refractivity contribution in [3.63, 3.8) is 0 Å². The molecule has 2 heterocycles. The van der Waals surface area contributed by atoms with E-state index in [0.717, 1.165) is 4.88 Å². The Morgan fingerprint density at radius 1 is 1.58 bits per heavy atom. The molecule has 3 N–H and O–H groups in total. The average Bonchev–Trinajstić information content (AvgIpc) is 2.94. The van der Waals surface area contributed by atoms with Crippen LogP contribution in [0.15, 0.2) is 29.8 Å². The predicted octanol–water partition coefficient (Wildman–Crippen LogP) is 2.69. The molecular formula is C13H15N3O2S. The van der Waals surface area contributed by atoms with Crippen LogP contribution in [0.4, 0.5) is 11.5 Å². The summed E-state index contributed by atoms with van der Waals surface area (Å²) in [4.78, 5) is 17.0. The summed E-state index contributed by atoms with van der Waals surface area (Å²) in [6, 6.07) is 5.62. The summed E-state index contributed by atoms with van der Waals surface area (Å²) in [5, 5.41) is 5.20. The van der Waals surface area contributed by atoms with Crippen molar-refractivity contribution in [2.75, 3.05) is 18.2 Å². The molecule has 2 aromatic heterocycles. The van der Waals surface area contributed by atoms with Crippen LogP contribution in [0.5, 0.6) is 0 Å². The lowest BCUT2D eigenvalue weighted by atomic mass is 10.2. The SMILES string of the molecule is COC(=O)c1cc(N)cnc1NC(C)c1cccs1. The van der Waals surface area contributed by atoms with Crippen LogP contribution in [0.3, 0.4) is 0 Å². The number of nitrogens with one attached hydrogen (secondary N) is 1. The molecule has 0 saturated carbocycles. The highest BCUT2D eigenvalue weighted by atomic mass is 32.1. The van der Waals surface area contributed by atoms with Gasteiger partial charge in [-0.05, 0) is 24.4 Å². The zero-order chi connectivity index (χ0) is 13.8. The van der Waals surface area contributed by atoms with Crippen molar-refractivity contribution in [2.24, 2.45) is 0 Å². The highest BCUT2D eigenvalue weighted by molar-refractivity contribution is 7.10. The molecule has 0 bridgehead atoms. The second kappa shape index (κ2) is 5.71. The molecule has 0 radical (unpaired) electrons. The number of thiophene rings is 1. The molecule has 0 amide bonds. The smallest absolute Gasteiger partial charge is 0.341 e. The number of carbonyl (C=O) groups excluding carboxylic acids is 1. The van der Waals surface area contributed by atoms with E-state index < -0.39 is 5.97 Å². The summed E-state index contributed by atoms with van der Waals surface area (Å²) in [6.45, 7) is 2.00. The van der Waals surface area contributed by atoms with Gasteiger partial charge in [0.15, 0.2) is 0 Å². The summed E-state index contributed by atoms with van der Waals surface area (Å²) in [5.41, 5.74) is 6.41. The monoisotopic (exact) mass is 277 g/mol. The number of pyridine rings is 1. The van der Waals surface area contributed by atoms with Crippen LogP contribution in [0.2, 0.25) is 0 Å². The van der Waals surface area contributed by atoms with Crippen molar-refractivity contribution in [1.82, 2.24) is 4.98 Å². The summed E-state index contributed by atoms with van der Waals surface area (Å²) in [6.07, 6.45) is 1.51. The van der Waals surface area contributed by atoms with Crippen molar-refractivity contribution >= 4 is 28.8 Å². The Morgan fingerprint density at radius 3 is 3.00 bits per heavy atom. The number of aromatic nitrogens is 1. The fraction of sp³-hybridized carbons (Fsp3) is 0.231. The lowest BCUT2D eigenvalue weighted by Crippen LogP contribution is -2.13. The number of rotatable bonds is 4. The van der Waals surface area contributed by atoms with Gasteiger partial charge in [-0.15, -0.1) is 11.3 Å². The molecule has 100 valence electrons. The summed E-state index contributed by atoms with van der Waals surface area (Å²) >= 11 is 1.64. The van der Waals surface area contributed by atoms with Gasteiger partial charge in [-0.25, -0.2) is 9.78 Å². The van der Waals surface area contributed by atoms with E-state index in [-0.39, 0.29) is 6.04 Å².